The summed E-state index contributed by atoms with van der Waals surface area (Å²) in [4.78, 5) is 20.7. The van der Waals surface area contributed by atoms with Crippen LogP contribution in [0.15, 0.2) is 47.6 Å². The van der Waals surface area contributed by atoms with E-state index >= 15 is 0 Å². The number of thioether (sulfide) groups is 1. The Bertz CT molecular complexity index is 1120. The number of hydrogen-bond donors (Lipinski definition) is 2. The predicted octanol–water partition coefficient (Wildman–Crippen LogP) is 4.30. The minimum Gasteiger partial charge on any atom is -0.486 e. The van der Waals surface area contributed by atoms with Crippen molar-refractivity contribution in [3.63, 3.8) is 0 Å². The first-order chi connectivity index (χ1) is 15.0. The molecular formula is C23H23N3O4S. The number of rotatable bonds is 7. The quantitative estimate of drug-likeness (QED) is 0.529. The monoisotopic (exact) mass is 437 g/mol. The summed E-state index contributed by atoms with van der Waals surface area (Å²) < 4.78 is 11.4. The zero-order chi connectivity index (χ0) is 21.8. The third-order valence-electron chi connectivity index (χ3n) is 5.00. The molecule has 7 nitrogen and oxygen atoms in total. The third kappa shape index (κ3) is 4.74. The van der Waals surface area contributed by atoms with E-state index in [1.165, 1.54) is 18.1 Å². The van der Waals surface area contributed by atoms with Crippen molar-refractivity contribution in [1.82, 2.24) is 9.97 Å². The molecule has 0 spiro atoms. The van der Waals surface area contributed by atoms with E-state index in [0.717, 1.165) is 40.3 Å². The van der Waals surface area contributed by atoms with Crippen molar-refractivity contribution < 1.29 is 19.4 Å². The molecule has 2 aromatic carbocycles. The molecule has 0 amide bonds. The lowest BCUT2D eigenvalue weighted by atomic mass is 10.1. The molecular weight excluding hydrogens is 414 g/mol. The average molecular weight is 438 g/mol. The third-order valence-corrected chi connectivity index (χ3v) is 5.78. The minimum absolute atomic E-state index is 0.290. The number of aromatic nitrogens is 2. The lowest BCUT2D eigenvalue weighted by Crippen LogP contribution is -2.16. The summed E-state index contributed by atoms with van der Waals surface area (Å²) in [5.74, 6) is 1.42. The van der Waals surface area contributed by atoms with Crippen molar-refractivity contribution in [1.29, 1.82) is 0 Å². The number of aryl methyl sites for hydroxylation is 1. The van der Waals surface area contributed by atoms with Crippen LogP contribution in [0.2, 0.25) is 0 Å². The van der Waals surface area contributed by atoms with Crippen LogP contribution in [-0.2, 0) is 6.42 Å². The van der Waals surface area contributed by atoms with Gasteiger partial charge in [-0.05, 0) is 48.9 Å². The molecule has 4 rings (SSSR count). The average Bonchev–Trinajstić information content (AvgIpc) is 2.79. The molecule has 0 unspecified atom stereocenters. The van der Waals surface area contributed by atoms with Crippen molar-refractivity contribution in [2.75, 3.05) is 31.3 Å². The molecule has 31 heavy (non-hydrogen) atoms. The van der Waals surface area contributed by atoms with Gasteiger partial charge in [0.1, 0.15) is 25.4 Å². The highest BCUT2D eigenvalue weighted by Crippen LogP contribution is 2.35. The number of fused-ring (bicyclic) bond motifs is 1. The summed E-state index contributed by atoms with van der Waals surface area (Å²) in [5.41, 5.74) is 4.11. The molecule has 0 saturated heterocycles. The summed E-state index contributed by atoms with van der Waals surface area (Å²) in [7, 11) is 0. The van der Waals surface area contributed by atoms with Gasteiger partial charge in [-0.25, -0.2) is 14.8 Å². The Morgan fingerprint density at radius 1 is 1.16 bits per heavy atom. The fourth-order valence-electron chi connectivity index (χ4n) is 3.52. The minimum atomic E-state index is -0.935. The standard InChI is InChI=1S/C23H23N3O4S/c1-14-9-15(10-19-22(14)30-8-7-29-19)5-6-24-21-12-18(25-13-26-21)16-3-4-17(23(27)28)20(11-16)31-2/h3-4,9-13H,5-8H2,1-2H3,(H,27,28)(H,24,25,26). The topological polar surface area (TPSA) is 93.6 Å². The molecule has 0 aliphatic carbocycles. The number of nitrogens with zero attached hydrogens (tertiary/aromatic N) is 2. The number of hydrogen-bond acceptors (Lipinski definition) is 7. The number of carbonyl (C=O) groups is 1. The van der Waals surface area contributed by atoms with E-state index in [1.54, 1.807) is 12.1 Å². The SMILES string of the molecule is CSc1cc(-c2cc(NCCc3cc(C)c4c(c3)OCCO4)ncn2)ccc1C(=O)O. The molecule has 1 aliphatic heterocycles. The molecule has 8 heteroatoms. The van der Waals surface area contributed by atoms with E-state index < -0.39 is 5.97 Å². The van der Waals surface area contributed by atoms with Gasteiger partial charge in [0.25, 0.3) is 0 Å². The Kier molecular flexibility index (Phi) is 6.27. The first-order valence-corrected chi connectivity index (χ1v) is 11.1. The summed E-state index contributed by atoms with van der Waals surface area (Å²) in [5, 5.41) is 12.7. The fraction of sp³-hybridized carbons (Fsp3) is 0.261. The van der Waals surface area contributed by atoms with Crippen molar-refractivity contribution >= 4 is 23.5 Å². The van der Waals surface area contributed by atoms with Crippen LogP contribution in [0.4, 0.5) is 5.82 Å². The molecule has 1 aliphatic rings. The van der Waals surface area contributed by atoms with E-state index in [-0.39, 0.29) is 0 Å². The maximum Gasteiger partial charge on any atom is 0.336 e. The molecule has 0 radical (unpaired) electrons. The highest BCUT2D eigenvalue weighted by Gasteiger charge is 2.15. The van der Waals surface area contributed by atoms with E-state index in [4.69, 9.17) is 9.47 Å². The van der Waals surface area contributed by atoms with Crippen molar-refractivity contribution in [2.45, 2.75) is 18.2 Å². The lowest BCUT2D eigenvalue weighted by Gasteiger charge is -2.21. The Labute approximate surface area is 184 Å². The number of carboxylic acid groups (broad SMARTS) is 1. The Morgan fingerprint density at radius 3 is 2.81 bits per heavy atom. The molecule has 0 saturated carbocycles. The maximum absolute atomic E-state index is 11.4. The first kappa shape index (κ1) is 21.0. The number of benzene rings is 2. The zero-order valence-electron chi connectivity index (χ0n) is 17.3. The van der Waals surface area contributed by atoms with Gasteiger partial charge in [0.05, 0.1) is 11.3 Å². The van der Waals surface area contributed by atoms with Gasteiger partial charge in [-0.2, -0.15) is 0 Å². The smallest absolute Gasteiger partial charge is 0.336 e. The number of carboxylic acids is 1. The van der Waals surface area contributed by atoms with Gasteiger partial charge in [0, 0.05) is 23.1 Å². The van der Waals surface area contributed by atoms with Crippen LogP contribution < -0.4 is 14.8 Å². The van der Waals surface area contributed by atoms with Crippen LogP contribution in [0.3, 0.4) is 0 Å². The normalized spacial score (nSPS) is 12.5. The maximum atomic E-state index is 11.4. The van der Waals surface area contributed by atoms with Gasteiger partial charge in [-0.1, -0.05) is 12.1 Å². The highest BCUT2D eigenvalue weighted by atomic mass is 32.2. The predicted molar refractivity (Wildman–Crippen MR) is 121 cm³/mol. The molecule has 3 aromatic rings. The molecule has 0 bridgehead atoms. The Morgan fingerprint density at radius 2 is 2.00 bits per heavy atom. The summed E-state index contributed by atoms with van der Waals surface area (Å²) >= 11 is 1.40. The van der Waals surface area contributed by atoms with Crippen LogP contribution in [0, 0.1) is 6.92 Å². The highest BCUT2D eigenvalue weighted by molar-refractivity contribution is 7.98. The van der Waals surface area contributed by atoms with Gasteiger partial charge in [-0.3, -0.25) is 0 Å². The van der Waals surface area contributed by atoms with Gasteiger partial charge < -0.3 is 19.9 Å². The van der Waals surface area contributed by atoms with E-state index in [1.807, 2.05) is 31.4 Å². The zero-order valence-corrected chi connectivity index (χ0v) is 18.2. The van der Waals surface area contributed by atoms with Crippen LogP contribution in [0.5, 0.6) is 11.5 Å². The Balaban J connectivity index is 1.45. The fourth-order valence-corrected chi connectivity index (χ4v) is 4.14. The van der Waals surface area contributed by atoms with Gasteiger partial charge in [-0.15, -0.1) is 11.8 Å². The lowest BCUT2D eigenvalue weighted by molar-refractivity contribution is 0.0693. The number of ether oxygens (including phenoxy) is 2. The van der Waals surface area contributed by atoms with E-state index in [9.17, 15) is 9.90 Å². The summed E-state index contributed by atoms with van der Waals surface area (Å²) in [6.07, 6.45) is 4.18. The number of anilines is 1. The van der Waals surface area contributed by atoms with Crippen molar-refractivity contribution in [3.8, 4) is 22.8 Å². The summed E-state index contributed by atoms with van der Waals surface area (Å²) in [6.45, 7) is 3.88. The van der Waals surface area contributed by atoms with Gasteiger partial charge in [0.15, 0.2) is 11.5 Å². The van der Waals surface area contributed by atoms with E-state index in [0.29, 0.717) is 36.0 Å². The number of aromatic carboxylic acids is 1. The van der Waals surface area contributed by atoms with Crippen molar-refractivity contribution in [2.24, 2.45) is 0 Å². The van der Waals surface area contributed by atoms with Crippen LogP contribution in [0.25, 0.3) is 11.3 Å². The second-order valence-corrected chi connectivity index (χ2v) is 7.97. The van der Waals surface area contributed by atoms with E-state index in [2.05, 4.69) is 21.4 Å². The first-order valence-electron chi connectivity index (χ1n) is 9.92. The number of nitrogens with one attached hydrogen (secondary N) is 1. The van der Waals surface area contributed by atoms with Gasteiger partial charge >= 0.3 is 5.97 Å². The second-order valence-electron chi connectivity index (χ2n) is 7.12. The molecule has 2 N–H and O–H groups in total. The molecule has 160 valence electrons. The second kappa shape index (κ2) is 9.26. The Hall–Kier alpha value is -3.26. The molecule has 0 atom stereocenters. The molecule has 1 aromatic heterocycles. The van der Waals surface area contributed by atoms with Gasteiger partial charge in [0.2, 0.25) is 0 Å². The van der Waals surface area contributed by atoms with Crippen LogP contribution >= 0.6 is 11.8 Å². The molecule has 0 fully saturated rings. The van der Waals surface area contributed by atoms with Crippen molar-refractivity contribution in [3.05, 3.63) is 59.4 Å². The van der Waals surface area contributed by atoms with Crippen LogP contribution in [0.1, 0.15) is 21.5 Å². The summed E-state index contributed by atoms with van der Waals surface area (Å²) in [6, 6.07) is 11.3. The van der Waals surface area contributed by atoms with Crippen LogP contribution in [-0.4, -0.2) is 47.1 Å². The largest absolute Gasteiger partial charge is 0.486 e. The molecule has 2 heterocycles.